The highest BCUT2D eigenvalue weighted by Gasteiger charge is 2.37. The van der Waals surface area contributed by atoms with Crippen LogP contribution in [-0.4, -0.2) is 16.3 Å². The molecule has 1 aromatic heterocycles. The lowest BCUT2D eigenvalue weighted by molar-refractivity contribution is 0.0861. The predicted molar refractivity (Wildman–Crippen MR) is 84.4 cm³/mol. The number of nitrogens with two attached hydrogens (primary N) is 1. The second-order valence-corrected chi connectivity index (χ2v) is 7.79. The van der Waals surface area contributed by atoms with E-state index < -0.39 is 0 Å². The van der Waals surface area contributed by atoms with E-state index in [-0.39, 0.29) is 0 Å². The van der Waals surface area contributed by atoms with E-state index in [9.17, 15) is 0 Å². The van der Waals surface area contributed by atoms with Gasteiger partial charge in [0.2, 0.25) is 0 Å². The van der Waals surface area contributed by atoms with Crippen molar-refractivity contribution in [1.82, 2.24) is 9.78 Å². The van der Waals surface area contributed by atoms with Crippen molar-refractivity contribution < 1.29 is 0 Å². The zero-order valence-corrected chi connectivity index (χ0v) is 13.7. The Bertz CT molecular complexity index is 420. The predicted octanol–water partition coefficient (Wildman–Crippen LogP) is 3.53. The summed E-state index contributed by atoms with van der Waals surface area (Å²) in [6, 6.07) is 2.13. The van der Waals surface area contributed by atoms with Crippen molar-refractivity contribution in [2.75, 3.05) is 6.54 Å². The SMILES string of the molecule is Cn1nccc1CCC1(CN)CCC(C(C)(C)C)CC1. The van der Waals surface area contributed by atoms with Crippen molar-refractivity contribution in [2.24, 2.45) is 29.5 Å². The average Bonchev–Trinajstić information content (AvgIpc) is 2.81. The normalized spacial score (nSPS) is 27.8. The van der Waals surface area contributed by atoms with Gasteiger partial charge in [-0.1, -0.05) is 20.8 Å². The van der Waals surface area contributed by atoms with Crippen LogP contribution in [0.4, 0.5) is 0 Å². The molecule has 1 saturated carbocycles. The fourth-order valence-corrected chi connectivity index (χ4v) is 3.69. The number of aryl methyl sites for hydroxylation is 2. The first-order chi connectivity index (χ1) is 9.36. The summed E-state index contributed by atoms with van der Waals surface area (Å²) in [5.74, 6) is 0.860. The van der Waals surface area contributed by atoms with Crippen LogP contribution >= 0.6 is 0 Å². The van der Waals surface area contributed by atoms with Gasteiger partial charge in [0.15, 0.2) is 0 Å². The van der Waals surface area contributed by atoms with Crippen LogP contribution in [0.25, 0.3) is 0 Å². The highest BCUT2D eigenvalue weighted by Crippen LogP contribution is 2.46. The summed E-state index contributed by atoms with van der Waals surface area (Å²) < 4.78 is 1.99. The molecule has 0 atom stereocenters. The first kappa shape index (κ1) is 15.6. The molecule has 1 aliphatic rings. The van der Waals surface area contributed by atoms with Crippen molar-refractivity contribution in [3.8, 4) is 0 Å². The molecule has 0 amide bonds. The van der Waals surface area contributed by atoms with E-state index in [0.29, 0.717) is 10.8 Å². The Balaban J connectivity index is 1.93. The molecule has 0 radical (unpaired) electrons. The van der Waals surface area contributed by atoms with Crippen molar-refractivity contribution in [1.29, 1.82) is 0 Å². The molecular formula is C17H31N3. The molecule has 3 nitrogen and oxygen atoms in total. The molecule has 1 heterocycles. The van der Waals surface area contributed by atoms with Crippen LogP contribution in [0.3, 0.4) is 0 Å². The molecule has 0 unspecified atom stereocenters. The third-order valence-electron chi connectivity index (χ3n) is 5.54. The molecule has 0 saturated heterocycles. The Morgan fingerprint density at radius 2 is 2.00 bits per heavy atom. The minimum atomic E-state index is 0.367. The monoisotopic (exact) mass is 277 g/mol. The maximum Gasteiger partial charge on any atom is 0.0492 e. The van der Waals surface area contributed by atoms with E-state index in [1.807, 2.05) is 17.9 Å². The van der Waals surface area contributed by atoms with Crippen LogP contribution < -0.4 is 5.73 Å². The second kappa shape index (κ2) is 5.88. The van der Waals surface area contributed by atoms with Crippen molar-refractivity contribution in [3.63, 3.8) is 0 Å². The Morgan fingerprint density at radius 1 is 1.35 bits per heavy atom. The number of hydrogen-bond donors (Lipinski definition) is 1. The molecular weight excluding hydrogens is 246 g/mol. The van der Waals surface area contributed by atoms with E-state index in [2.05, 4.69) is 31.9 Å². The molecule has 1 fully saturated rings. The topological polar surface area (TPSA) is 43.8 Å². The zero-order chi connectivity index (χ0) is 14.8. The standard InChI is InChI=1S/C17H31N3/c1-16(2,3)14-5-9-17(13-18,10-6-14)11-7-15-8-12-19-20(15)4/h8,12,14H,5-7,9-11,13,18H2,1-4H3. The van der Waals surface area contributed by atoms with Gasteiger partial charge in [-0.3, -0.25) is 4.68 Å². The first-order valence-electron chi connectivity index (χ1n) is 8.03. The third kappa shape index (κ3) is 3.43. The number of aromatic nitrogens is 2. The van der Waals surface area contributed by atoms with Gasteiger partial charge in [-0.05, 0) is 67.9 Å². The van der Waals surface area contributed by atoms with Gasteiger partial charge in [-0.2, -0.15) is 5.10 Å². The summed E-state index contributed by atoms with van der Waals surface area (Å²) in [5.41, 5.74) is 8.29. The third-order valence-corrected chi connectivity index (χ3v) is 5.54. The summed E-state index contributed by atoms with van der Waals surface area (Å²) in [7, 11) is 2.03. The molecule has 0 spiro atoms. The van der Waals surface area contributed by atoms with Crippen LogP contribution in [0.15, 0.2) is 12.3 Å². The average molecular weight is 277 g/mol. The fraction of sp³-hybridized carbons (Fsp3) is 0.824. The first-order valence-corrected chi connectivity index (χ1v) is 8.03. The van der Waals surface area contributed by atoms with Gasteiger partial charge in [0.05, 0.1) is 0 Å². The largest absolute Gasteiger partial charge is 0.330 e. The Hall–Kier alpha value is -0.830. The minimum absolute atomic E-state index is 0.367. The van der Waals surface area contributed by atoms with Crippen LogP contribution in [0, 0.1) is 16.7 Å². The molecule has 0 aliphatic heterocycles. The molecule has 2 N–H and O–H groups in total. The molecule has 0 bridgehead atoms. The van der Waals surface area contributed by atoms with Crippen molar-refractivity contribution in [3.05, 3.63) is 18.0 Å². The number of rotatable bonds is 4. The van der Waals surface area contributed by atoms with Gasteiger partial charge >= 0.3 is 0 Å². The molecule has 114 valence electrons. The number of nitrogens with zero attached hydrogens (tertiary/aromatic N) is 2. The van der Waals surface area contributed by atoms with Gasteiger partial charge in [0, 0.05) is 18.9 Å². The lowest BCUT2D eigenvalue weighted by Crippen LogP contribution is -2.38. The molecule has 1 aromatic rings. The molecule has 0 aromatic carbocycles. The van der Waals surface area contributed by atoms with E-state index in [1.165, 1.54) is 37.8 Å². The van der Waals surface area contributed by atoms with Crippen LogP contribution in [0.1, 0.15) is 58.6 Å². The minimum Gasteiger partial charge on any atom is -0.330 e. The Morgan fingerprint density at radius 3 is 2.45 bits per heavy atom. The maximum atomic E-state index is 6.15. The van der Waals surface area contributed by atoms with E-state index in [4.69, 9.17) is 5.73 Å². The van der Waals surface area contributed by atoms with E-state index in [1.54, 1.807) is 0 Å². The fourth-order valence-electron chi connectivity index (χ4n) is 3.69. The highest BCUT2D eigenvalue weighted by atomic mass is 15.2. The molecule has 20 heavy (non-hydrogen) atoms. The molecule has 1 aliphatic carbocycles. The summed E-state index contributed by atoms with van der Waals surface area (Å²) >= 11 is 0. The van der Waals surface area contributed by atoms with Gasteiger partial charge in [-0.25, -0.2) is 0 Å². The van der Waals surface area contributed by atoms with Crippen LogP contribution in [0.2, 0.25) is 0 Å². The Labute approximate surface area is 123 Å². The highest BCUT2D eigenvalue weighted by molar-refractivity contribution is 5.02. The molecule has 3 heteroatoms. The van der Waals surface area contributed by atoms with Gasteiger partial charge in [0.1, 0.15) is 0 Å². The Kier molecular flexibility index (Phi) is 4.58. The quantitative estimate of drug-likeness (QED) is 0.915. The van der Waals surface area contributed by atoms with E-state index >= 15 is 0 Å². The summed E-state index contributed by atoms with van der Waals surface area (Å²) in [6.45, 7) is 7.97. The molecule has 2 rings (SSSR count). The summed E-state index contributed by atoms with van der Waals surface area (Å²) in [4.78, 5) is 0. The smallest absolute Gasteiger partial charge is 0.0492 e. The van der Waals surface area contributed by atoms with Gasteiger partial charge in [-0.15, -0.1) is 0 Å². The lowest BCUT2D eigenvalue weighted by Gasteiger charge is -2.44. The van der Waals surface area contributed by atoms with Crippen molar-refractivity contribution >= 4 is 0 Å². The van der Waals surface area contributed by atoms with Gasteiger partial charge in [0.25, 0.3) is 0 Å². The van der Waals surface area contributed by atoms with Crippen molar-refractivity contribution in [2.45, 2.75) is 59.3 Å². The number of hydrogen-bond acceptors (Lipinski definition) is 2. The second-order valence-electron chi connectivity index (χ2n) is 7.79. The lowest BCUT2D eigenvalue weighted by atomic mass is 9.62. The summed E-state index contributed by atoms with van der Waals surface area (Å²) in [6.07, 6.45) is 9.47. The zero-order valence-electron chi connectivity index (χ0n) is 13.7. The van der Waals surface area contributed by atoms with Gasteiger partial charge < -0.3 is 5.73 Å². The van der Waals surface area contributed by atoms with E-state index in [0.717, 1.165) is 18.9 Å². The maximum absolute atomic E-state index is 6.15. The summed E-state index contributed by atoms with van der Waals surface area (Å²) in [5, 5.41) is 4.26. The van der Waals surface area contributed by atoms with Crippen LogP contribution in [-0.2, 0) is 13.5 Å². The van der Waals surface area contributed by atoms with Crippen LogP contribution in [0.5, 0.6) is 0 Å².